The van der Waals surface area contributed by atoms with Gasteiger partial charge in [0.15, 0.2) is 9.84 Å². The van der Waals surface area contributed by atoms with Crippen molar-refractivity contribution >= 4 is 45.6 Å². The van der Waals surface area contributed by atoms with Crippen LogP contribution >= 0.6 is 11.8 Å². The van der Waals surface area contributed by atoms with Crippen LogP contribution in [-0.4, -0.2) is 76.7 Å². The van der Waals surface area contributed by atoms with Crippen LogP contribution in [-0.2, 0) is 19.4 Å². The van der Waals surface area contributed by atoms with Gasteiger partial charge in [0.2, 0.25) is 17.0 Å². The Morgan fingerprint density at radius 2 is 2.19 bits per heavy atom. The first-order valence-electron chi connectivity index (χ1n) is 9.81. The number of hydrogen-bond acceptors (Lipinski definition) is 8. The quantitative estimate of drug-likeness (QED) is 0.523. The van der Waals surface area contributed by atoms with E-state index in [0.29, 0.717) is 29.7 Å². The second kappa shape index (κ2) is 10.1. The van der Waals surface area contributed by atoms with Crippen molar-refractivity contribution in [2.24, 2.45) is 0 Å². The molecule has 1 aliphatic heterocycles. The minimum Gasteiger partial charge on any atom is -0.462 e. The maximum Gasteiger partial charge on any atom is 0.239 e. The SMILES string of the molecule is CCN(CC(=O)N[C@H]1CCS(=O)(=O)C1)C(=O)CSc1n[nH]c(/C=C\c2ccc(C)o2)n1. The molecule has 2 aromatic heterocycles. The minimum atomic E-state index is -3.07. The highest BCUT2D eigenvalue weighted by Crippen LogP contribution is 2.15. The van der Waals surface area contributed by atoms with E-state index in [1.165, 1.54) is 16.7 Å². The summed E-state index contributed by atoms with van der Waals surface area (Å²) < 4.78 is 28.5. The zero-order chi connectivity index (χ0) is 22.4. The van der Waals surface area contributed by atoms with E-state index in [9.17, 15) is 18.0 Å². The van der Waals surface area contributed by atoms with E-state index in [-0.39, 0.29) is 41.7 Å². The normalized spacial score (nSPS) is 17.8. The number of thioether (sulfide) groups is 1. The molecular weight excluding hydrogens is 442 g/mol. The Morgan fingerprint density at radius 3 is 2.84 bits per heavy atom. The molecule has 2 aromatic rings. The van der Waals surface area contributed by atoms with Gasteiger partial charge in [0.1, 0.15) is 17.3 Å². The molecule has 31 heavy (non-hydrogen) atoms. The Labute approximate surface area is 184 Å². The van der Waals surface area contributed by atoms with Crippen LogP contribution in [0.2, 0.25) is 0 Å². The fourth-order valence-corrected chi connectivity index (χ4v) is 5.43. The molecule has 3 rings (SSSR count). The molecule has 0 unspecified atom stereocenters. The van der Waals surface area contributed by atoms with Gasteiger partial charge >= 0.3 is 0 Å². The predicted octanol–water partition coefficient (Wildman–Crippen LogP) is 1.12. The van der Waals surface area contributed by atoms with E-state index in [2.05, 4.69) is 20.5 Å². The maximum absolute atomic E-state index is 12.5. The van der Waals surface area contributed by atoms with Crippen molar-refractivity contribution in [3.63, 3.8) is 0 Å². The van der Waals surface area contributed by atoms with Crippen molar-refractivity contribution in [1.82, 2.24) is 25.4 Å². The Hall–Kier alpha value is -2.60. The molecule has 1 atom stereocenters. The molecule has 0 bridgehead atoms. The third kappa shape index (κ3) is 6.96. The van der Waals surface area contributed by atoms with Gasteiger partial charge < -0.3 is 14.6 Å². The monoisotopic (exact) mass is 467 g/mol. The number of furan rings is 1. The molecule has 0 spiro atoms. The van der Waals surface area contributed by atoms with Crippen LogP contribution in [0.4, 0.5) is 0 Å². The minimum absolute atomic E-state index is 0.0458. The number of hydrogen-bond donors (Lipinski definition) is 2. The summed E-state index contributed by atoms with van der Waals surface area (Å²) >= 11 is 1.17. The van der Waals surface area contributed by atoms with Crippen molar-refractivity contribution in [3.8, 4) is 0 Å². The van der Waals surface area contributed by atoms with E-state index in [4.69, 9.17) is 4.42 Å². The van der Waals surface area contributed by atoms with Gasteiger partial charge in [-0.15, -0.1) is 5.10 Å². The zero-order valence-electron chi connectivity index (χ0n) is 17.3. The van der Waals surface area contributed by atoms with Crippen LogP contribution in [0.3, 0.4) is 0 Å². The van der Waals surface area contributed by atoms with Gasteiger partial charge in [-0.2, -0.15) is 0 Å². The summed E-state index contributed by atoms with van der Waals surface area (Å²) in [5.41, 5.74) is 0. The number of aromatic amines is 1. The lowest BCUT2D eigenvalue weighted by Crippen LogP contribution is -2.45. The van der Waals surface area contributed by atoms with E-state index in [0.717, 1.165) is 5.76 Å². The number of nitrogens with one attached hydrogen (secondary N) is 2. The molecule has 0 radical (unpaired) electrons. The summed E-state index contributed by atoms with van der Waals surface area (Å²) in [6, 6.07) is 3.32. The van der Waals surface area contributed by atoms with Crippen LogP contribution in [0.15, 0.2) is 21.7 Å². The molecule has 1 fully saturated rings. The molecule has 0 saturated carbocycles. The number of amides is 2. The standard InChI is InChI=1S/C19H25N5O5S2/c1-3-24(10-17(25)20-14-8-9-31(27,28)12-14)18(26)11-30-19-21-16(22-23-19)7-6-15-5-4-13(2)29-15/h4-7,14H,3,8-12H2,1-2H3,(H,20,25)(H,21,22,23)/b7-6-/t14-/m0/s1. The average Bonchev–Trinajstić information content (AvgIpc) is 3.42. The molecule has 0 aliphatic carbocycles. The lowest BCUT2D eigenvalue weighted by Gasteiger charge is -2.21. The number of H-pyrrole nitrogens is 1. The molecule has 3 heterocycles. The first-order chi connectivity index (χ1) is 14.7. The Kier molecular flexibility index (Phi) is 7.55. The fourth-order valence-electron chi connectivity index (χ4n) is 3.05. The van der Waals surface area contributed by atoms with Gasteiger partial charge in [-0.25, -0.2) is 13.4 Å². The highest BCUT2D eigenvalue weighted by molar-refractivity contribution is 7.99. The Balaban J connectivity index is 1.46. The molecule has 0 aromatic carbocycles. The van der Waals surface area contributed by atoms with E-state index in [1.54, 1.807) is 19.1 Å². The summed E-state index contributed by atoms with van der Waals surface area (Å²) in [4.78, 5) is 30.4. The van der Waals surface area contributed by atoms with Crippen LogP contribution in [0, 0.1) is 6.92 Å². The van der Waals surface area contributed by atoms with Crippen LogP contribution < -0.4 is 5.32 Å². The Morgan fingerprint density at radius 1 is 1.39 bits per heavy atom. The number of carbonyl (C=O) groups is 2. The second-order valence-electron chi connectivity index (χ2n) is 7.15. The molecule has 2 N–H and O–H groups in total. The van der Waals surface area contributed by atoms with Gasteiger partial charge in [0.25, 0.3) is 0 Å². The Bertz CT molecular complexity index is 1060. The number of nitrogens with zero attached hydrogens (tertiary/aromatic N) is 3. The number of rotatable bonds is 9. The number of aryl methyl sites for hydroxylation is 1. The number of sulfone groups is 1. The van der Waals surface area contributed by atoms with E-state index < -0.39 is 9.84 Å². The second-order valence-corrected chi connectivity index (χ2v) is 10.3. The lowest BCUT2D eigenvalue weighted by atomic mass is 10.2. The van der Waals surface area contributed by atoms with Crippen molar-refractivity contribution in [2.45, 2.75) is 31.5 Å². The summed E-state index contributed by atoms with van der Waals surface area (Å²) in [7, 11) is -3.07. The third-order valence-corrected chi connectivity index (χ3v) is 7.24. The average molecular weight is 468 g/mol. The van der Waals surface area contributed by atoms with E-state index >= 15 is 0 Å². The van der Waals surface area contributed by atoms with Gasteiger partial charge in [0, 0.05) is 12.6 Å². The maximum atomic E-state index is 12.5. The molecule has 2 amide bonds. The van der Waals surface area contributed by atoms with Gasteiger partial charge in [-0.1, -0.05) is 11.8 Å². The van der Waals surface area contributed by atoms with Gasteiger partial charge in [0.05, 0.1) is 23.8 Å². The van der Waals surface area contributed by atoms with Crippen LogP contribution in [0.1, 0.15) is 30.7 Å². The number of aromatic nitrogens is 3. The molecule has 12 heteroatoms. The van der Waals surface area contributed by atoms with Crippen molar-refractivity contribution in [2.75, 3.05) is 30.3 Å². The first kappa shape index (κ1) is 23.1. The van der Waals surface area contributed by atoms with Crippen LogP contribution in [0.5, 0.6) is 0 Å². The van der Waals surface area contributed by atoms with Crippen molar-refractivity contribution in [3.05, 3.63) is 29.5 Å². The van der Waals surface area contributed by atoms with E-state index in [1.807, 2.05) is 19.1 Å². The molecule has 10 nitrogen and oxygen atoms in total. The zero-order valence-corrected chi connectivity index (χ0v) is 19.0. The third-order valence-electron chi connectivity index (χ3n) is 4.64. The molecule has 168 valence electrons. The fraction of sp³-hybridized carbons (Fsp3) is 0.474. The summed E-state index contributed by atoms with van der Waals surface area (Å²) in [6.07, 6.45) is 3.90. The summed E-state index contributed by atoms with van der Waals surface area (Å²) in [5, 5.41) is 9.97. The topological polar surface area (TPSA) is 138 Å². The largest absolute Gasteiger partial charge is 0.462 e. The summed E-state index contributed by atoms with van der Waals surface area (Å²) in [6.45, 7) is 3.89. The predicted molar refractivity (Wildman–Crippen MR) is 117 cm³/mol. The van der Waals surface area contributed by atoms with Crippen molar-refractivity contribution < 1.29 is 22.4 Å². The first-order valence-corrected chi connectivity index (χ1v) is 12.6. The highest BCUT2D eigenvalue weighted by atomic mass is 32.2. The summed E-state index contributed by atoms with van der Waals surface area (Å²) in [5.74, 6) is 1.57. The smallest absolute Gasteiger partial charge is 0.239 e. The molecular formula is C19H25N5O5S2. The van der Waals surface area contributed by atoms with Crippen molar-refractivity contribution in [1.29, 1.82) is 0 Å². The molecule has 1 aliphatic rings. The number of likely N-dealkylation sites (N-methyl/N-ethyl adjacent to an activating group) is 1. The molecule has 1 saturated heterocycles. The van der Waals surface area contributed by atoms with Crippen LogP contribution in [0.25, 0.3) is 12.2 Å². The highest BCUT2D eigenvalue weighted by Gasteiger charge is 2.29. The lowest BCUT2D eigenvalue weighted by molar-refractivity contribution is -0.134. The van der Waals surface area contributed by atoms with Gasteiger partial charge in [-0.3, -0.25) is 14.7 Å². The number of carbonyl (C=O) groups excluding carboxylic acids is 2. The van der Waals surface area contributed by atoms with Gasteiger partial charge in [-0.05, 0) is 44.6 Å².